The van der Waals surface area contributed by atoms with Crippen molar-refractivity contribution in [1.29, 1.82) is 0 Å². The van der Waals surface area contributed by atoms with Gasteiger partial charge < -0.3 is 0 Å². The van der Waals surface area contributed by atoms with Gasteiger partial charge in [-0.15, -0.1) is 0 Å². The van der Waals surface area contributed by atoms with E-state index < -0.39 is 0 Å². The molecule has 4 rings (SSSR count). The summed E-state index contributed by atoms with van der Waals surface area (Å²) in [7, 11) is 0. The fraction of sp³-hybridized carbons (Fsp3) is 0.294. The van der Waals surface area contributed by atoms with Crippen LogP contribution in [0.1, 0.15) is 34.2 Å². The Balaban J connectivity index is 1.76. The molecule has 0 bridgehead atoms. The van der Waals surface area contributed by atoms with Crippen molar-refractivity contribution >= 4 is 0 Å². The van der Waals surface area contributed by atoms with E-state index in [-0.39, 0.29) is 6.04 Å². The second kappa shape index (κ2) is 4.02. The van der Waals surface area contributed by atoms with E-state index in [1.807, 2.05) is 0 Å². The molecule has 0 spiro atoms. The molecule has 0 amide bonds. The van der Waals surface area contributed by atoms with E-state index in [1.54, 1.807) is 0 Å². The van der Waals surface area contributed by atoms with Crippen molar-refractivity contribution in [2.24, 2.45) is 10.2 Å². The molecule has 1 aliphatic carbocycles. The normalized spacial score (nSPS) is 27.3. The largest absolute Gasteiger partial charge is 0.189 e. The Morgan fingerprint density at radius 1 is 0.947 bits per heavy atom. The van der Waals surface area contributed by atoms with Crippen LogP contribution in [0.25, 0.3) is 0 Å². The summed E-state index contributed by atoms with van der Waals surface area (Å²) in [4.78, 5) is 0. The first-order valence-corrected chi connectivity index (χ1v) is 6.87. The van der Waals surface area contributed by atoms with E-state index in [4.69, 9.17) is 0 Å². The second-order valence-electron chi connectivity index (χ2n) is 5.58. The Morgan fingerprint density at radius 2 is 1.74 bits per heavy atom. The lowest BCUT2D eigenvalue weighted by Crippen LogP contribution is -2.12. The van der Waals surface area contributed by atoms with E-state index >= 15 is 0 Å². The number of fused-ring (bicyclic) bond motifs is 3. The predicted molar refractivity (Wildman–Crippen MR) is 75.5 cm³/mol. The zero-order valence-corrected chi connectivity index (χ0v) is 11.0. The van der Waals surface area contributed by atoms with Gasteiger partial charge in [0, 0.05) is 5.92 Å². The molecule has 0 aromatic heterocycles. The summed E-state index contributed by atoms with van der Waals surface area (Å²) in [5.41, 5.74) is 5.48. The first-order chi connectivity index (χ1) is 9.33. The first kappa shape index (κ1) is 10.9. The van der Waals surface area contributed by atoms with Crippen LogP contribution in [-0.2, 0) is 6.42 Å². The third-order valence-corrected chi connectivity index (χ3v) is 4.36. The lowest BCUT2D eigenvalue weighted by molar-refractivity contribution is 0.572. The van der Waals surface area contributed by atoms with Gasteiger partial charge in [-0.05, 0) is 30.0 Å². The number of benzene rings is 2. The molecular formula is C17H16N2. The number of hydrogen-bond acceptors (Lipinski definition) is 2. The summed E-state index contributed by atoms with van der Waals surface area (Å²) in [5, 5.41) is 9.06. The van der Waals surface area contributed by atoms with Gasteiger partial charge in [0.15, 0.2) is 0 Å². The number of rotatable bonds is 1. The molecule has 3 unspecified atom stereocenters. The van der Waals surface area contributed by atoms with E-state index in [9.17, 15) is 0 Å². The highest BCUT2D eigenvalue weighted by atomic mass is 15.2. The minimum Gasteiger partial charge on any atom is -0.189 e. The summed E-state index contributed by atoms with van der Waals surface area (Å²) >= 11 is 0. The van der Waals surface area contributed by atoms with Crippen LogP contribution >= 0.6 is 0 Å². The molecule has 2 aliphatic rings. The highest BCUT2D eigenvalue weighted by molar-refractivity contribution is 5.42. The van der Waals surface area contributed by atoms with Crippen LogP contribution in [0.5, 0.6) is 0 Å². The minimum atomic E-state index is 0.203. The van der Waals surface area contributed by atoms with Crippen LogP contribution in [0.4, 0.5) is 0 Å². The fourth-order valence-electron chi connectivity index (χ4n) is 3.36. The van der Waals surface area contributed by atoms with Crippen LogP contribution in [0.3, 0.4) is 0 Å². The van der Waals surface area contributed by atoms with E-state index in [0.717, 1.165) is 6.42 Å². The van der Waals surface area contributed by atoms with Gasteiger partial charge in [0.2, 0.25) is 0 Å². The molecule has 0 saturated heterocycles. The highest BCUT2D eigenvalue weighted by Crippen LogP contribution is 2.49. The summed E-state index contributed by atoms with van der Waals surface area (Å²) in [5.74, 6) is 0.443. The molecule has 0 N–H and O–H groups in total. The van der Waals surface area contributed by atoms with E-state index in [1.165, 1.54) is 22.3 Å². The standard InChI is InChI=1S/C17H16N2/c1-11-6-8-12(9-7-11)17-16-14-5-3-2-4-13(14)10-15(16)18-19-17/h2-9,15-17H,10H2,1H3. The van der Waals surface area contributed by atoms with Gasteiger partial charge in [0.1, 0.15) is 6.04 Å². The van der Waals surface area contributed by atoms with E-state index in [2.05, 4.69) is 65.7 Å². The van der Waals surface area contributed by atoms with Crippen molar-refractivity contribution in [3.05, 3.63) is 70.8 Å². The molecule has 2 aromatic carbocycles. The van der Waals surface area contributed by atoms with Crippen LogP contribution in [0, 0.1) is 6.92 Å². The van der Waals surface area contributed by atoms with Crippen molar-refractivity contribution in [3.63, 3.8) is 0 Å². The zero-order chi connectivity index (χ0) is 12.8. The topological polar surface area (TPSA) is 24.7 Å². The Morgan fingerprint density at radius 3 is 2.58 bits per heavy atom. The van der Waals surface area contributed by atoms with Crippen LogP contribution in [0.15, 0.2) is 58.8 Å². The van der Waals surface area contributed by atoms with Gasteiger partial charge in [0.05, 0.1) is 6.04 Å². The lowest BCUT2D eigenvalue weighted by atomic mass is 9.87. The molecule has 1 heterocycles. The summed E-state index contributed by atoms with van der Waals surface area (Å²) in [6.45, 7) is 2.12. The first-order valence-electron chi connectivity index (χ1n) is 6.87. The van der Waals surface area contributed by atoms with Crippen molar-refractivity contribution in [2.75, 3.05) is 0 Å². The van der Waals surface area contributed by atoms with Gasteiger partial charge in [-0.1, -0.05) is 54.1 Å². The van der Waals surface area contributed by atoms with Gasteiger partial charge in [-0.3, -0.25) is 0 Å². The molecule has 1 aliphatic heterocycles. The van der Waals surface area contributed by atoms with Crippen LogP contribution in [0.2, 0.25) is 0 Å². The summed E-state index contributed by atoms with van der Waals surface area (Å²) in [6.07, 6.45) is 1.05. The van der Waals surface area contributed by atoms with Crippen molar-refractivity contribution in [1.82, 2.24) is 0 Å². The minimum absolute atomic E-state index is 0.203. The monoisotopic (exact) mass is 248 g/mol. The van der Waals surface area contributed by atoms with Gasteiger partial charge in [-0.2, -0.15) is 10.2 Å². The lowest BCUT2D eigenvalue weighted by Gasteiger charge is -2.17. The van der Waals surface area contributed by atoms with Gasteiger partial charge >= 0.3 is 0 Å². The molecule has 2 aromatic rings. The average molecular weight is 248 g/mol. The smallest absolute Gasteiger partial charge is 0.105 e. The molecule has 0 saturated carbocycles. The molecule has 0 radical (unpaired) electrons. The Bertz CT molecular complexity index is 643. The third kappa shape index (κ3) is 1.63. The molecule has 2 heteroatoms. The average Bonchev–Trinajstić information content (AvgIpc) is 2.98. The number of aryl methyl sites for hydroxylation is 1. The van der Waals surface area contributed by atoms with Crippen LogP contribution in [-0.4, -0.2) is 6.04 Å². The molecule has 19 heavy (non-hydrogen) atoms. The number of nitrogens with zero attached hydrogens (tertiary/aromatic N) is 2. The fourth-order valence-corrected chi connectivity index (χ4v) is 3.36. The summed E-state index contributed by atoms with van der Waals surface area (Å²) < 4.78 is 0. The van der Waals surface area contributed by atoms with Crippen molar-refractivity contribution < 1.29 is 0 Å². The molecular weight excluding hydrogens is 232 g/mol. The Labute approximate surface area is 113 Å². The molecule has 0 fully saturated rings. The molecule has 2 nitrogen and oxygen atoms in total. The van der Waals surface area contributed by atoms with Crippen molar-refractivity contribution in [3.8, 4) is 0 Å². The maximum Gasteiger partial charge on any atom is 0.105 e. The SMILES string of the molecule is Cc1ccc(C2N=NC3Cc4ccccc4C32)cc1. The Kier molecular flexibility index (Phi) is 2.31. The maximum absolute atomic E-state index is 4.54. The number of azo groups is 1. The van der Waals surface area contributed by atoms with Crippen molar-refractivity contribution in [2.45, 2.75) is 31.3 Å². The summed E-state index contributed by atoms with van der Waals surface area (Å²) in [6, 6.07) is 18.0. The quantitative estimate of drug-likeness (QED) is 0.722. The molecule has 94 valence electrons. The predicted octanol–water partition coefficient (Wildman–Crippen LogP) is 4.21. The molecule has 3 atom stereocenters. The van der Waals surface area contributed by atoms with E-state index in [0.29, 0.717) is 12.0 Å². The zero-order valence-electron chi connectivity index (χ0n) is 11.0. The number of hydrogen-bond donors (Lipinski definition) is 0. The maximum atomic E-state index is 4.54. The van der Waals surface area contributed by atoms with Crippen LogP contribution < -0.4 is 0 Å². The second-order valence-corrected chi connectivity index (χ2v) is 5.58. The van der Waals surface area contributed by atoms with Gasteiger partial charge in [0.25, 0.3) is 0 Å². The third-order valence-electron chi connectivity index (χ3n) is 4.36. The Hall–Kier alpha value is -1.96. The van der Waals surface area contributed by atoms with Gasteiger partial charge in [-0.25, -0.2) is 0 Å². The highest BCUT2D eigenvalue weighted by Gasteiger charge is 2.42.